The van der Waals surface area contributed by atoms with Crippen molar-refractivity contribution in [2.45, 2.75) is 57.3 Å². The highest BCUT2D eigenvalue weighted by atomic mass is 16.1. The predicted octanol–water partition coefficient (Wildman–Crippen LogP) is 4.26. The lowest BCUT2D eigenvalue weighted by atomic mass is 9.91. The van der Waals surface area contributed by atoms with Crippen LogP contribution >= 0.6 is 0 Å². The summed E-state index contributed by atoms with van der Waals surface area (Å²) in [6.45, 7) is 0. The zero-order valence-corrected chi connectivity index (χ0v) is 10.5. The normalized spacial score (nSPS) is 17.6. The minimum atomic E-state index is 0.642. The molecule has 0 amide bonds. The van der Waals surface area contributed by atoms with E-state index in [4.69, 9.17) is 0 Å². The molecule has 1 aliphatic carbocycles. The molecule has 17 heavy (non-hydrogen) atoms. The summed E-state index contributed by atoms with van der Waals surface area (Å²) in [4.78, 5) is 10.3. The van der Waals surface area contributed by atoms with Crippen LogP contribution in [0.5, 0.6) is 0 Å². The van der Waals surface area contributed by atoms with Gasteiger partial charge in [0.25, 0.3) is 0 Å². The molecule has 2 rings (SSSR count). The molecule has 0 atom stereocenters. The Labute approximate surface area is 104 Å². The van der Waals surface area contributed by atoms with Gasteiger partial charge in [0, 0.05) is 6.42 Å². The van der Waals surface area contributed by atoms with Crippen LogP contribution < -0.4 is 0 Å². The molecule has 0 N–H and O–H groups in total. The average molecular weight is 230 g/mol. The summed E-state index contributed by atoms with van der Waals surface area (Å²) >= 11 is 0. The first-order chi connectivity index (χ1) is 8.40. The standard InChI is InChI=1S/C16H22O/c17-13-5-6-14-9-11-16(12-10-14)15-7-3-1-2-4-8-15/h9-13,15H,1-8H2. The van der Waals surface area contributed by atoms with Gasteiger partial charge in [-0.2, -0.15) is 0 Å². The summed E-state index contributed by atoms with van der Waals surface area (Å²) in [5.41, 5.74) is 2.79. The average Bonchev–Trinajstić information content (AvgIpc) is 2.66. The van der Waals surface area contributed by atoms with Crippen molar-refractivity contribution >= 4 is 6.29 Å². The van der Waals surface area contributed by atoms with Crippen molar-refractivity contribution in [1.82, 2.24) is 0 Å². The van der Waals surface area contributed by atoms with Crippen LogP contribution in [-0.2, 0) is 11.2 Å². The summed E-state index contributed by atoms with van der Waals surface area (Å²) in [5, 5.41) is 0. The minimum absolute atomic E-state index is 0.642. The van der Waals surface area contributed by atoms with Crippen LogP contribution in [0, 0.1) is 0 Å². The number of benzene rings is 1. The van der Waals surface area contributed by atoms with Crippen LogP contribution in [0.15, 0.2) is 24.3 Å². The van der Waals surface area contributed by atoms with Gasteiger partial charge in [0.15, 0.2) is 0 Å². The lowest BCUT2D eigenvalue weighted by molar-refractivity contribution is -0.107. The summed E-state index contributed by atoms with van der Waals surface area (Å²) in [7, 11) is 0. The highest BCUT2D eigenvalue weighted by molar-refractivity contribution is 5.50. The Kier molecular flexibility index (Phi) is 4.78. The summed E-state index contributed by atoms with van der Waals surface area (Å²) in [6, 6.07) is 8.94. The molecule has 1 fully saturated rings. The largest absolute Gasteiger partial charge is 0.303 e. The topological polar surface area (TPSA) is 17.1 Å². The number of rotatable bonds is 4. The van der Waals surface area contributed by atoms with E-state index in [0.29, 0.717) is 6.42 Å². The van der Waals surface area contributed by atoms with Crippen LogP contribution in [0.1, 0.15) is 62.0 Å². The molecule has 1 nitrogen and oxygen atoms in total. The summed E-state index contributed by atoms with van der Waals surface area (Å²) < 4.78 is 0. The third-order valence-electron chi connectivity index (χ3n) is 3.86. The quantitative estimate of drug-likeness (QED) is 0.558. The van der Waals surface area contributed by atoms with Crippen molar-refractivity contribution < 1.29 is 4.79 Å². The summed E-state index contributed by atoms with van der Waals surface area (Å²) in [6.07, 6.45) is 10.8. The van der Waals surface area contributed by atoms with Gasteiger partial charge in [0.1, 0.15) is 6.29 Å². The third-order valence-corrected chi connectivity index (χ3v) is 3.86. The highest BCUT2D eigenvalue weighted by Gasteiger charge is 2.13. The van der Waals surface area contributed by atoms with E-state index in [-0.39, 0.29) is 0 Å². The molecular formula is C16H22O. The molecular weight excluding hydrogens is 208 g/mol. The van der Waals surface area contributed by atoms with Gasteiger partial charge in [-0.15, -0.1) is 0 Å². The number of hydrogen-bond donors (Lipinski definition) is 0. The first-order valence-corrected chi connectivity index (χ1v) is 6.92. The second-order valence-electron chi connectivity index (χ2n) is 5.14. The van der Waals surface area contributed by atoms with Crippen molar-refractivity contribution in [3.05, 3.63) is 35.4 Å². The molecule has 0 radical (unpaired) electrons. The monoisotopic (exact) mass is 230 g/mol. The van der Waals surface area contributed by atoms with E-state index >= 15 is 0 Å². The van der Waals surface area contributed by atoms with E-state index in [1.54, 1.807) is 0 Å². The van der Waals surface area contributed by atoms with Gasteiger partial charge >= 0.3 is 0 Å². The number of aryl methyl sites for hydroxylation is 1. The fraction of sp³-hybridized carbons (Fsp3) is 0.562. The van der Waals surface area contributed by atoms with Gasteiger partial charge in [0.05, 0.1) is 0 Å². The number of carbonyl (C=O) groups excluding carboxylic acids is 1. The smallest absolute Gasteiger partial charge is 0.120 e. The van der Waals surface area contributed by atoms with Crippen LogP contribution in [0.2, 0.25) is 0 Å². The van der Waals surface area contributed by atoms with E-state index in [1.165, 1.54) is 49.7 Å². The number of aldehydes is 1. The highest BCUT2D eigenvalue weighted by Crippen LogP contribution is 2.31. The molecule has 0 bridgehead atoms. The molecule has 1 aromatic carbocycles. The van der Waals surface area contributed by atoms with E-state index in [1.807, 2.05) is 0 Å². The molecule has 0 spiro atoms. The van der Waals surface area contributed by atoms with Gasteiger partial charge in [-0.1, -0.05) is 49.9 Å². The molecule has 0 aromatic heterocycles. The molecule has 0 aliphatic heterocycles. The minimum Gasteiger partial charge on any atom is -0.303 e. The van der Waals surface area contributed by atoms with Gasteiger partial charge in [0.2, 0.25) is 0 Å². The maximum atomic E-state index is 10.3. The fourth-order valence-electron chi connectivity index (χ4n) is 2.79. The molecule has 1 saturated carbocycles. The summed E-state index contributed by atoms with van der Waals surface area (Å²) in [5.74, 6) is 0.776. The lowest BCUT2D eigenvalue weighted by Crippen LogP contribution is -1.97. The first-order valence-electron chi connectivity index (χ1n) is 6.92. The predicted molar refractivity (Wildman–Crippen MR) is 71.3 cm³/mol. The van der Waals surface area contributed by atoms with Crippen molar-refractivity contribution in [3.8, 4) is 0 Å². The van der Waals surface area contributed by atoms with Crippen molar-refractivity contribution in [3.63, 3.8) is 0 Å². The number of carbonyl (C=O) groups is 1. The molecule has 92 valence electrons. The molecule has 0 unspecified atom stereocenters. The fourth-order valence-corrected chi connectivity index (χ4v) is 2.79. The van der Waals surface area contributed by atoms with Crippen LogP contribution in [-0.4, -0.2) is 6.29 Å². The van der Waals surface area contributed by atoms with Gasteiger partial charge in [-0.3, -0.25) is 0 Å². The molecule has 1 aromatic rings. The Morgan fingerprint density at radius 3 is 2.24 bits per heavy atom. The Balaban J connectivity index is 1.98. The van der Waals surface area contributed by atoms with E-state index in [0.717, 1.165) is 18.6 Å². The van der Waals surface area contributed by atoms with Crippen LogP contribution in [0.3, 0.4) is 0 Å². The van der Waals surface area contributed by atoms with Crippen molar-refractivity contribution in [2.75, 3.05) is 0 Å². The van der Waals surface area contributed by atoms with Gasteiger partial charge < -0.3 is 4.79 Å². The molecule has 0 heterocycles. The van der Waals surface area contributed by atoms with E-state index < -0.39 is 0 Å². The second-order valence-corrected chi connectivity index (χ2v) is 5.14. The van der Waals surface area contributed by atoms with Crippen LogP contribution in [0.25, 0.3) is 0 Å². The maximum Gasteiger partial charge on any atom is 0.120 e. The zero-order valence-electron chi connectivity index (χ0n) is 10.5. The van der Waals surface area contributed by atoms with Crippen molar-refractivity contribution in [1.29, 1.82) is 0 Å². The third kappa shape index (κ3) is 3.69. The van der Waals surface area contributed by atoms with E-state index in [2.05, 4.69) is 24.3 Å². The molecule has 0 saturated heterocycles. The van der Waals surface area contributed by atoms with Gasteiger partial charge in [-0.25, -0.2) is 0 Å². The van der Waals surface area contributed by atoms with Crippen LogP contribution in [0.4, 0.5) is 0 Å². The maximum absolute atomic E-state index is 10.3. The lowest BCUT2D eigenvalue weighted by Gasteiger charge is -2.14. The second kappa shape index (κ2) is 6.58. The Bertz CT molecular complexity index is 331. The Morgan fingerprint density at radius 2 is 1.65 bits per heavy atom. The SMILES string of the molecule is O=CCCc1ccc(C2CCCCCC2)cc1. The van der Waals surface area contributed by atoms with Crippen molar-refractivity contribution in [2.24, 2.45) is 0 Å². The van der Waals surface area contributed by atoms with Gasteiger partial charge in [-0.05, 0) is 36.3 Å². The zero-order chi connectivity index (χ0) is 11.9. The Morgan fingerprint density at radius 1 is 1.00 bits per heavy atom. The number of hydrogen-bond acceptors (Lipinski definition) is 1. The molecule has 1 aliphatic rings. The Hall–Kier alpha value is -1.11. The van der Waals surface area contributed by atoms with E-state index in [9.17, 15) is 4.79 Å². The molecule has 1 heteroatoms. The first kappa shape index (κ1) is 12.3.